The van der Waals surface area contributed by atoms with Gasteiger partial charge in [0.15, 0.2) is 0 Å². The maximum Gasteiger partial charge on any atom is 0.310 e. The van der Waals surface area contributed by atoms with E-state index in [0.29, 0.717) is 12.2 Å². The van der Waals surface area contributed by atoms with Gasteiger partial charge in [-0.05, 0) is 78.7 Å². The van der Waals surface area contributed by atoms with E-state index < -0.39 is 0 Å². The number of carbonyl (C=O) groups excluding carboxylic acids is 1. The summed E-state index contributed by atoms with van der Waals surface area (Å²) in [6.45, 7) is 6.50. The Hall–Kier alpha value is -2.09. The molecular formula is C26H34O2. The van der Waals surface area contributed by atoms with Gasteiger partial charge < -0.3 is 4.74 Å². The summed E-state index contributed by atoms with van der Waals surface area (Å²) in [5.41, 5.74) is 3.85. The first-order valence-corrected chi connectivity index (χ1v) is 11.0. The highest BCUT2D eigenvalue weighted by molar-refractivity contribution is 5.72. The van der Waals surface area contributed by atoms with Gasteiger partial charge in [-0.25, -0.2) is 0 Å². The molecule has 0 aliphatic heterocycles. The molecule has 1 aliphatic rings. The van der Waals surface area contributed by atoms with Gasteiger partial charge in [0, 0.05) is 6.42 Å². The molecule has 150 valence electrons. The average molecular weight is 379 g/mol. The summed E-state index contributed by atoms with van der Waals surface area (Å²) in [6.07, 6.45) is 8.54. The third-order valence-electron chi connectivity index (χ3n) is 6.37. The molecule has 3 rings (SSSR count). The van der Waals surface area contributed by atoms with E-state index in [4.69, 9.17) is 4.74 Å². The van der Waals surface area contributed by atoms with Crippen molar-refractivity contribution in [3.8, 4) is 16.9 Å². The first-order chi connectivity index (χ1) is 13.6. The number of rotatable bonds is 7. The molecule has 0 bridgehead atoms. The van der Waals surface area contributed by atoms with Crippen molar-refractivity contribution < 1.29 is 9.53 Å². The van der Waals surface area contributed by atoms with Crippen LogP contribution in [0.5, 0.6) is 5.75 Å². The standard InChI is InChI=1S/C26H34O2/c1-4-19(3)18-20-6-8-21(9-7-20)22-10-12-23(13-11-22)24-14-16-25(17-15-24)28-26(27)5-2/h10-17,19-21H,4-9,18H2,1-3H3. The number of hydrogen-bond acceptors (Lipinski definition) is 2. The van der Waals surface area contributed by atoms with Crippen LogP contribution in [0, 0.1) is 11.8 Å². The van der Waals surface area contributed by atoms with Gasteiger partial charge in [0.25, 0.3) is 0 Å². The summed E-state index contributed by atoms with van der Waals surface area (Å²) in [5, 5.41) is 0. The van der Waals surface area contributed by atoms with Crippen molar-refractivity contribution in [1.82, 2.24) is 0 Å². The van der Waals surface area contributed by atoms with Crippen molar-refractivity contribution in [1.29, 1.82) is 0 Å². The lowest BCUT2D eigenvalue weighted by atomic mass is 9.75. The van der Waals surface area contributed by atoms with Gasteiger partial charge in [-0.3, -0.25) is 4.79 Å². The molecule has 1 aliphatic carbocycles. The van der Waals surface area contributed by atoms with Crippen molar-refractivity contribution in [2.24, 2.45) is 11.8 Å². The minimum absolute atomic E-state index is 0.198. The van der Waals surface area contributed by atoms with Gasteiger partial charge >= 0.3 is 5.97 Å². The minimum atomic E-state index is -0.198. The summed E-state index contributed by atoms with van der Waals surface area (Å²) >= 11 is 0. The minimum Gasteiger partial charge on any atom is -0.427 e. The average Bonchev–Trinajstić information content (AvgIpc) is 2.75. The Bertz CT molecular complexity index is 737. The Kier molecular flexibility index (Phi) is 7.30. The zero-order valence-electron chi connectivity index (χ0n) is 17.6. The van der Waals surface area contributed by atoms with Gasteiger partial charge in [0.05, 0.1) is 0 Å². The van der Waals surface area contributed by atoms with Crippen molar-refractivity contribution in [3.63, 3.8) is 0 Å². The highest BCUT2D eigenvalue weighted by atomic mass is 16.5. The Morgan fingerprint density at radius 1 is 0.929 bits per heavy atom. The molecule has 1 saturated carbocycles. The largest absolute Gasteiger partial charge is 0.427 e. The normalized spacial score (nSPS) is 20.5. The SMILES string of the molecule is CCC(=O)Oc1ccc(-c2ccc(C3CCC(CC(C)CC)CC3)cc2)cc1. The molecule has 2 heteroatoms. The molecule has 0 aromatic heterocycles. The molecule has 2 aromatic carbocycles. The molecule has 1 unspecified atom stereocenters. The lowest BCUT2D eigenvalue weighted by molar-refractivity contribution is -0.134. The maximum absolute atomic E-state index is 11.4. The second kappa shape index (κ2) is 9.91. The van der Waals surface area contributed by atoms with E-state index in [-0.39, 0.29) is 5.97 Å². The van der Waals surface area contributed by atoms with E-state index in [2.05, 4.69) is 38.1 Å². The Labute approximate surface area is 170 Å². The third kappa shape index (κ3) is 5.47. The fourth-order valence-electron chi connectivity index (χ4n) is 4.33. The van der Waals surface area contributed by atoms with Crippen LogP contribution >= 0.6 is 0 Å². The highest BCUT2D eigenvalue weighted by Gasteiger charge is 2.23. The van der Waals surface area contributed by atoms with Crippen LogP contribution in [-0.2, 0) is 4.79 Å². The number of hydrogen-bond donors (Lipinski definition) is 0. The first-order valence-electron chi connectivity index (χ1n) is 11.0. The van der Waals surface area contributed by atoms with Gasteiger partial charge in [-0.1, -0.05) is 63.6 Å². The molecule has 28 heavy (non-hydrogen) atoms. The summed E-state index contributed by atoms with van der Waals surface area (Å²) in [4.78, 5) is 11.4. The summed E-state index contributed by atoms with van der Waals surface area (Å²) in [5.74, 6) is 2.94. The van der Waals surface area contributed by atoms with Gasteiger partial charge in [-0.15, -0.1) is 0 Å². The van der Waals surface area contributed by atoms with Crippen LogP contribution in [0.2, 0.25) is 0 Å². The fourth-order valence-corrected chi connectivity index (χ4v) is 4.33. The summed E-state index contributed by atoms with van der Waals surface area (Å²) in [6, 6.07) is 16.9. The van der Waals surface area contributed by atoms with Crippen molar-refractivity contribution in [3.05, 3.63) is 54.1 Å². The number of ether oxygens (including phenoxy) is 1. The van der Waals surface area contributed by atoms with Crippen LogP contribution < -0.4 is 4.74 Å². The molecule has 0 saturated heterocycles. The Morgan fingerprint density at radius 3 is 2.04 bits per heavy atom. The Morgan fingerprint density at radius 2 is 1.50 bits per heavy atom. The fraction of sp³-hybridized carbons (Fsp3) is 0.500. The molecule has 1 fully saturated rings. The quantitative estimate of drug-likeness (QED) is 0.371. The van der Waals surface area contributed by atoms with E-state index in [1.54, 1.807) is 6.92 Å². The van der Waals surface area contributed by atoms with E-state index in [1.165, 1.54) is 49.7 Å². The molecule has 0 radical (unpaired) electrons. The lowest BCUT2D eigenvalue weighted by Crippen LogP contribution is -2.15. The van der Waals surface area contributed by atoms with Crippen LogP contribution in [-0.4, -0.2) is 5.97 Å². The number of esters is 1. The molecule has 0 heterocycles. The molecule has 0 N–H and O–H groups in total. The highest BCUT2D eigenvalue weighted by Crippen LogP contribution is 2.39. The molecule has 0 spiro atoms. The second-order valence-corrected chi connectivity index (χ2v) is 8.44. The lowest BCUT2D eigenvalue weighted by Gasteiger charge is -2.30. The van der Waals surface area contributed by atoms with Crippen LogP contribution in [0.4, 0.5) is 0 Å². The number of carbonyl (C=O) groups is 1. The van der Waals surface area contributed by atoms with E-state index >= 15 is 0 Å². The second-order valence-electron chi connectivity index (χ2n) is 8.44. The smallest absolute Gasteiger partial charge is 0.310 e. The predicted octanol–water partition coefficient (Wildman–Crippen LogP) is 7.38. The van der Waals surface area contributed by atoms with Gasteiger partial charge in [0.1, 0.15) is 5.75 Å². The first kappa shape index (κ1) is 20.6. The third-order valence-corrected chi connectivity index (χ3v) is 6.37. The predicted molar refractivity (Wildman–Crippen MR) is 117 cm³/mol. The van der Waals surface area contributed by atoms with Crippen LogP contribution in [0.1, 0.15) is 77.2 Å². The summed E-state index contributed by atoms with van der Waals surface area (Å²) < 4.78 is 5.25. The molecule has 0 amide bonds. The monoisotopic (exact) mass is 378 g/mol. The van der Waals surface area contributed by atoms with Crippen molar-refractivity contribution >= 4 is 5.97 Å². The van der Waals surface area contributed by atoms with Gasteiger partial charge in [0.2, 0.25) is 0 Å². The van der Waals surface area contributed by atoms with Crippen molar-refractivity contribution in [2.45, 2.75) is 71.6 Å². The van der Waals surface area contributed by atoms with Crippen LogP contribution in [0.25, 0.3) is 11.1 Å². The summed E-state index contributed by atoms with van der Waals surface area (Å²) in [7, 11) is 0. The van der Waals surface area contributed by atoms with Gasteiger partial charge in [-0.2, -0.15) is 0 Å². The molecule has 2 aromatic rings. The molecular weight excluding hydrogens is 344 g/mol. The zero-order chi connectivity index (χ0) is 19.9. The zero-order valence-corrected chi connectivity index (χ0v) is 17.6. The van der Waals surface area contributed by atoms with Crippen LogP contribution in [0.15, 0.2) is 48.5 Å². The van der Waals surface area contributed by atoms with Crippen LogP contribution in [0.3, 0.4) is 0 Å². The molecule has 2 nitrogen and oxygen atoms in total. The molecule has 1 atom stereocenters. The topological polar surface area (TPSA) is 26.3 Å². The maximum atomic E-state index is 11.4. The van der Waals surface area contributed by atoms with E-state index in [9.17, 15) is 4.79 Å². The van der Waals surface area contributed by atoms with E-state index in [0.717, 1.165) is 23.3 Å². The van der Waals surface area contributed by atoms with E-state index in [1.807, 2.05) is 24.3 Å². The van der Waals surface area contributed by atoms with Crippen molar-refractivity contribution in [2.75, 3.05) is 0 Å². The Balaban J connectivity index is 1.57. The number of benzene rings is 2.